The zero-order chi connectivity index (χ0) is 20.7. The van der Waals surface area contributed by atoms with Crippen LogP contribution < -0.4 is 0 Å². The number of fused-ring (bicyclic) bond motifs is 2. The van der Waals surface area contributed by atoms with Gasteiger partial charge >= 0.3 is 21.3 Å². The molecule has 2 aliphatic rings. The lowest BCUT2D eigenvalue weighted by molar-refractivity contribution is -0.202. The summed E-state index contributed by atoms with van der Waals surface area (Å²) in [4.78, 5) is 0. The molecule has 0 aromatic carbocycles. The second-order valence-corrected chi connectivity index (χ2v) is 9.48. The fourth-order valence-corrected chi connectivity index (χ4v) is 4.78. The van der Waals surface area contributed by atoms with Crippen molar-refractivity contribution in [1.82, 2.24) is 0 Å². The van der Waals surface area contributed by atoms with Gasteiger partial charge in [-0.2, -0.15) is 26.0 Å². The van der Waals surface area contributed by atoms with Gasteiger partial charge in [0.05, 0.1) is 0 Å². The molecule has 2 bridgehead atoms. The first-order valence-electron chi connectivity index (χ1n) is 10.2. The highest BCUT2D eigenvalue weighted by Crippen LogP contribution is 2.58. The summed E-state index contributed by atoms with van der Waals surface area (Å²) >= 11 is 0. The highest BCUT2D eigenvalue weighted by Gasteiger charge is 2.71. The molecule has 2 fully saturated rings. The Morgan fingerprint density at radius 1 is 0.852 bits per heavy atom. The zero-order valence-corrected chi connectivity index (χ0v) is 17.2. The van der Waals surface area contributed by atoms with Crippen molar-refractivity contribution in [3.8, 4) is 0 Å². The van der Waals surface area contributed by atoms with Crippen LogP contribution in [0.4, 0.5) is 17.6 Å². The third-order valence-electron chi connectivity index (χ3n) is 5.87. The fourth-order valence-electron chi connectivity index (χ4n) is 4.28. The predicted molar refractivity (Wildman–Crippen MR) is 98.7 cm³/mol. The lowest BCUT2D eigenvalue weighted by Gasteiger charge is -2.33. The van der Waals surface area contributed by atoms with E-state index in [1.807, 2.05) is 0 Å². The Hall–Kier alpha value is -0.370. The summed E-state index contributed by atoms with van der Waals surface area (Å²) in [5.41, 5.74) is 0. The van der Waals surface area contributed by atoms with Crippen molar-refractivity contribution in [2.24, 2.45) is 17.8 Å². The lowest BCUT2D eigenvalue weighted by atomic mass is 9.84. The van der Waals surface area contributed by atoms with Crippen LogP contribution in [0.25, 0.3) is 0 Å². The molecule has 0 spiro atoms. The molecule has 0 radical (unpaired) electrons. The molecule has 0 aromatic heterocycles. The predicted octanol–water partition coefficient (Wildman–Crippen LogP) is 6.69. The molecule has 0 heterocycles. The van der Waals surface area contributed by atoms with E-state index >= 15 is 0 Å². The molecule has 3 atom stereocenters. The molecular formula is C19H34F4O3S. The Kier molecular flexibility index (Phi) is 9.52. The SMILES string of the molecule is CCCCCCCCCC.O=S(=O)(O)C(F)(F)C(F)(F)C1CC2CCC1C2. The van der Waals surface area contributed by atoms with Gasteiger partial charge in [-0.1, -0.05) is 71.6 Å². The van der Waals surface area contributed by atoms with Crippen molar-refractivity contribution < 1.29 is 30.5 Å². The third kappa shape index (κ3) is 6.31. The van der Waals surface area contributed by atoms with Crippen molar-refractivity contribution in [2.75, 3.05) is 0 Å². The van der Waals surface area contributed by atoms with Crippen molar-refractivity contribution in [3.63, 3.8) is 0 Å². The minimum Gasteiger partial charge on any atom is -0.281 e. The summed E-state index contributed by atoms with van der Waals surface area (Å²) in [5, 5.41) is -5.41. The first-order chi connectivity index (χ1) is 12.5. The Balaban J connectivity index is 0.000000314. The van der Waals surface area contributed by atoms with Gasteiger partial charge in [0.25, 0.3) is 0 Å². The van der Waals surface area contributed by atoms with E-state index in [0.717, 1.165) is 6.42 Å². The monoisotopic (exact) mass is 418 g/mol. The maximum atomic E-state index is 13.6. The molecule has 0 aromatic rings. The normalized spacial score (nSPS) is 25.4. The third-order valence-corrected chi connectivity index (χ3v) is 6.79. The van der Waals surface area contributed by atoms with E-state index in [1.54, 1.807) is 0 Å². The molecular weight excluding hydrogens is 384 g/mol. The van der Waals surface area contributed by atoms with Crippen LogP contribution in [0.2, 0.25) is 0 Å². The van der Waals surface area contributed by atoms with Crippen LogP contribution in [0.5, 0.6) is 0 Å². The topological polar surface area (TPSA) is 54.4 Å². The van der Waals surface area contributed by atoms with Crippen LogP contribution in [0.3, 0.4) is 0 Å². The standard InChI is InChI=1S/C10H22.C9H12F4O3S/c1-3-5-7-9-10-8-6-4-2;10-8(11,9(12,13)17(14,15)16)7-4-5-1-2-6(7)3-5/h3-10H2,1-2H3;5-7H,1-4H2,(H,14,15,16). The fraction of sp³-hybridized carbons (Fsp3) is 1.00. The molecule has 0 aliphatic heterocycles. The molecule has 2 rings (SSSR count). The minimum atomic E-state index is -6.10. The second-order valence-electron chi connectivity index (χ2n) is 8.02. The Bertz CT molecular complexity index is 529. The van der Waals surface area contributed by atoms with Gasteiger partial charge in [-0.3, -0.25) is 4.55 Å². The summed E-state index contributed by atoms with van der Waals surface area (Å²) in [7, 11) is -6.10. The van der Waals surface area contributed by atoms with Crippen molar-refractivity contribution in [1.29, 1.82) is 0 Å². The van der Waals surface area contributed by atoms with Gasteiger partial charge in [0.2, 0.25) is 0 Å². The molecule has 2 saturated carbocycles. The van der Waals surface area contributed by atoms with Gasteiger partial charge in [-0.25, -0.2) is 0 Å². The minimum absolute atomic E-state index is 0.0203. The maximum Gasteiger partial charge on any atom is 0.431 e. The van der Waals surface area contributed by atoms with Crippen molar-refractivity contribution in [2.45, 2.75) is 102 Å². The van der Waals surface area contributed by atoms with Crippen molar-refractivity contribution >= 4 is 10.1 Å². The van der Waals surface area contributed by atoms with Crippen LogP contribution in [0.15, 0.2) is 0 Å². The van der Waals surface area contributed by atoms with Gasteiger partial charge < -0.3 is 0 Å². The number of hydrogen-bond acceptors (Lipinski definition) is 2. The van der Waals surface area contributed by atoms with Crippen LogP contribution >= 0.6 is 0 Å². The molecule has 3 unspecified atom stereocenters. The first kappa shape index (κ1) is 24.7. The number of alkyl halides is 4. The second kappa shape index (κ2) is 10.4. The summed E-state index contributed by atoms with van der Waals surface area (Å²) < 4.78 is 82.4. The van der Waals surface area contributed by atoms with Gasteiger partial charge in [-0.15, -0.1) is 0 Å². The summed E-state index contributed by atoms with van der Waals surface area (Å²) in [5.74, 6) is -6.95. The molecule has 162 valence electrons. The smallest absolute Gasteiger partial charge is 0.281 e. The first-order valence-corrected chi connectivity index (χ1v) is 11.7. The lowest BCUT2D eigenvalue weighted by Crippen LogP contribution is -2.52. The number of hydrogen-bond donors (Lipinski definition) is 1. The summed E-state index contributed by atoms with van der Waals surface area (Å²) in [6, 6.07) is 0. The molecule has 0 amide bonds. The Morgan fingerprint density at radius 3 is 1.67 bits per heavy atom. The summed E-state index contributed by atoms with van der Waals surface area (Å²) in [6.07, 6.45) is 13.0. The van der Waals surface area contributed by atoms with Gasteiger partial charge in [0.15, 0.2) is 0 Å². The average Bonchev–Trinajstić information content (AvgIpc) is 3.21. The zero-order valence-electron chi connectivity index (χ0n) is 16.4. The van der Waals surface area contributed by atoms with E-state index in [2.05, 4.69) is 13.8 Å². The van der Waals surface area contributed by atoms with E-state index in [0.29, 0.717) is 12.8 Å². The van der Waals surface area contributed by atoms with E-state index in [1.165, 1.54) is 51.4 Å². The van der Waals surface area contributed by atoms with Crippen LogP contribution in [-0.4, -0.2) is 24.1 Å². The molecule has 1 N–H and O–H groups in total. The highest BCUT2D eigenvalue weighted by molar-refractivity contribution is 7.87. The van der Waals surface area contributed by atoms with Gasteiger partial charge in [0.1, 0.15) is 0 Å². The van der Waals surface area contributed by atoms with Crippen LogP contribution in [0, 0.1) is 17.8 Å². The Labute approximate surface area is 161 Å². The molecule has 0 saturated heterocycles. The number of rotatable bonds is 10. The van der Waals surface area contributed by atoms with E-state index < -0.39 is 33.1 Å². The summed E-state index contributed by atoms with van der Waals surface area (Å²) in [6.45, 7) is 4.54. The van der Waals surface area contributed by atoms with Gasteiger partial charge in [-0.05, 0) is 31.1 Å². The van der Waals surface area contributed by atoms with E-state index in [4.69, 9.17) is 4.55 Å². The molecule has 27 heavy (non-hydrogen) atoms. The van der Waals surface area contributed by atoms with Crippen molar-refractivity contribution in [3.05, 3.63) is 0 Å². The maximum absolute atomic E-state index is 13.6. The van der Waals surface area contributed by atoms with Crippen LogP contribution in [-0.2, 0) is 10.1 Å². The average molecular weight is 419 g/mol. The number of halogens is 4. The molecule has 3 nitrogen and oxygen atoms in total. The highest BCUT2D eigenvalue weighted by atomic mass is 32.2. The largest absolute Gasteiger partial charge is 0.431 e. The Morgan fingerprint density at radius 2 is 1.33 bits per heavy atom. The quantitative estimate of drug-likeness (QED) is 0.244. The van der Waals surface area contributed by atoms with E-state index in [9.17, 15) is 26.0 Å². The number of unbranched alkanes of at least 4 members (excludes halogenated alkanes) is 7. The molecule has 2 aliphatic carbocycles. The van der Waals surface area contributed by atoms with Gasteiger partial charge in [0, 0.05) is 5.92 Å². The van der Waals surface area contributed by atoms with E-state index in [-0.39, 0.29) is 12.3 Å². The molecule has 8 heteroatoms. The van der Waals surface area contributed by atoms with Crippen LogP contribution in [0.1, 0.15) is 90.9 Å².